The summed E-state index contributed by atoms with van der Waals surface area (Å²) < 4.78 is 2.62. The Labute approximate surface area is 83.8 Å². The maximum absolute atomic E-state index is 9.08. The Kier molecular flexibility index (Phi) is 2.06. The largest absolute Gasteiger partial charge is 0.508 e. The minimum atomic E-state index is 0.257. The highest BCUT2D eigenvalue weighted by Crippen LogP contribution is 2.17. The molecule has 0 radical (unpaired) electrons. The summed E-state index contributed by atoms with van der Waals surface area (Å²) in [5.74, 6) is 0.257. The van der Waals surface area contributed by atoms with Gasteiger partial charge in [-0.1, -0.05) is 0 Å². The highest BCUT2D eigenvalue weighted by molar-refractivity contribution is 9.10. The zero-order valence-corrected chi connectivity index (χ0v) is 8.27. The zero-order valence-electron chi connectivity index (χ0n) is 6.68. The molecule has 1 aromatic heterocycles. The van der Waals surface area contributed by atoms with Crippen LogP contribution in [0.2, 0.25) is 0 Å². The second-order valence-corrected chi connectivity index (χ2v) is 3.39. The number of aromatic hydroxyl groups is 1. The lowest BCUT2D eigenvalue weighted by Gasteiger charge is -2.02. The Morgan fingerprint density at radius 1 is 1.15 bits per heavy atom. The molecule has 0 amide bonds. The van der Waals surface area contributed by atoms with Gasteiger partial charge in [0.25, 0.3) is 0 Å². The lowest BCUT2D eigenvalue weighted by atomic mass is 10.3. The van der Waals surface area contributed by atoms with Gasteiger partial charge in [0.15, 0.2) is 0 Å². The first-order chi connectivity index (χ1) is 6.27. The number of hydrogen-bond acceptors (Lipinski definition) is 2. The Hall–Kier alpha value is -1.29. The highest BCUT2D eigenvalue weighted by atomic mass is 79.9. The van der Waals surface area contributed by atoms with Gasteiger partial charge in [-0.25, -0.2) is 4.68 Å². The lowest BCUT2D eigenvalue weighted by molar-refractivity contribution is 0.475. The number of benzene rings is 1. The van der Waals surface area contributed by atoms with Crippen LogP contribution in [0.3, 0.4) is 0 Å². The van der Waals surface area contributed by atoms with E-state index < -0.39 is 0 Å². The van der Waals surface area contributed by atoms with Crippen molar-refractivity contribution in [1.29, 1.82) is 0 Å². The molecule has 1 N–H and O–H groups in total. The van der Waals surface area contributed by atoms with Gasteiger partial charge in [0, 0.05) is 0 Å². The average Bonchev–Trinajstić information content (AvgIpc) is 2.53. The summed E-state index contributed by atoms with van der Waals surface area (Å²) in [6, 6.07) is 8.71. The van der Waals surface area contributed by atoms with Crippen molar-refractivity contribution >= 4 is 15.9 Å². The van der Waals surface area contributed by atoms with Crippen LogP contribution in [-0.4, -0.2) is 14.9 Å². The Morgan fingerprint density at radius 3 is 2.38 bits per heavy atom. The molecule has 0 aliphatic rings. The summed E-state index contributed by atoms with van der Waals surface area (Å²) in [6.45, 7) is 0. The van der Waals surface area contributed by atoms with Gasteiger partial charge in [-0.2, -0.15) is 5.10 Å². The molecule has 0 saturated heterocycles. The van der Waals surface area contributed by atoms with E-state index in [2.05, 4.69) is 21.0 Å². The summed E-state index contributed by atoms with van der Waals surface area (Å²) in [5, 5.41) is 13.2. The SMILES string of the molecule is Oc1ccc(-n2nccc2Br)cc1. The second kappa shape index (κ2) is 3.22. The first-order valence-electron chi connectivity index (χ1n) is 3.76. The quantitative estimate of drug-likeness (QED) is 0.829. The number of halogens is 1. The van der Waals surface area contributed by atoms with Crippen LogP contribution >= 0.6 is 15.9 Å². The first-order valence-corrected chi connectivity index (χ1v) is 4.55. The topological polar surface area (TPSA) is 38.0 Å². The minimum absolute atomic E-state index is 0.257. The van der Waals surface area contributed by atoms with Crippen LogP contribution in [-0.2, 0) is 0 Å². The second-order valence-electron chi connectivity index (χ2n) is 2.58. The van der Waals surface area contributed by atoms with Crippen LogP contribution in [0.25, 0.3) is 5.69 Å². The maximum atomic E-state index is 9.08. The van der Waals surface area contributed by atoms with Crippen LogP contribution in [0.5, 0.6) is 5.75 Å². The van der Waals surface area contributed by atoms with Crippen LogP contribution in [0.4, 0.5) is 0 Å². The van der Waals surface area contributed by atoms with Gasteiger partial charge >= 0.3 is 0 Å². The van der Waals surface area contributed by atoms with E-state index >= 15 is 0 Å². The third-order valence-electron chi connectivity index (χ3n) is 1.69. The van der Waals surface area contributed by atoms with E-state index in [4.69, 9.17) is 5.11 Å². The van der Waals surface area contributed by atoms with E-state index in [0.717, 1.165) is 10.3 Å². The van der Waals surface area contributed by atoms with Crippen molar-refractivity contribution in [3.8, 4) is 11.4 Å². The standard InChI is InChI=1S/C9H7BrN2O/c10-9-5-6-11-12(9)7-1-3-8(13)4-2-7/h1-6,13H. The predicted molar refractivity (Wildman–Crippen MR) is 52.9 cm³/mol. The van der Waals surface area contributed by atoms with Crippen molar-refractivity contribution in [3.05, 3.63) is 41.1 Å². The van der Waals surface area contributed by atoms with E-state index in [1.54, 1.807) is 35.1 Å². The molecule has 4 heteroatoms. The van der Waals surface area contributed by atoms with Crippen molar-refractivity contribution in [2.24, 2.45) is 0 Å². The van der Waals surface area contributed by atoms with Crippen molar-refractivity contribution in [2.75, 3.05) is 0 Å². The van der Waals surface area contributed by atoms with Crippen LogP contribution in [0.15, 0.2) is 41.1 Å². The predicted octanol–water partition coefficient (Wildman–Crippen LogP) is 2.34. The molecule has 66 valence electrons. The maximum Gasteiger partial charge on any atom is 0.115 e. The van der Waals surface area contributed by atoms with Gasteiger partial charge in [-0.3, -0.25) is 0 Å². The summed E-state index contributed by atoms with van der Waals surface area (Å²) >= 11 is 3.36. The van der Waals surface area contributed by atoms with Crippen molar-refractivity contribution in [3.63, 3.8) is 0 Å². The molecule has 13 heavy (non-hydrogen) atoms. The van der Waals surface area contributed by atoms with E-state index in [-0.39, 0.29) is 5.75 Å². The Morgan fingerprint density at radius 2 is 1.85 bits per heavy atom. The molecular formula is C9H7BrN2O. The van der Waals surface area contributed by atoms with E-state index in [0.29, 0.717) is 0 Å². The number of aromatic nitrogens is 2. The van der Waals surface area contributed by atoms with Crippen molar-refractivity contribution < 1.29 is 5.11 Å². The number of hydrogen-bond donors (Lipinski definition) is 1. The fourth-order valence-corrected chi connectivity index (χ4v) is 1.49. The molecule has 0 aliphatic carbocycles. The first kappa shape index (κ1) is 8.31. The number of phenols is 1. The molecule has 0 aliphatic heterocycles. The molecule has 2 rings (SSSR count). The summed E-state index contributed by atoms with van der Waals surface area (Å²) in [6.07, 6.45) is 1.71. The Bertz CT molecular complexity index is 408. The number of nitrogens with zero attached hydrogens (tertiary/aromatic N) is 2. The zero-order chi connectivity index (χ0) is 9.26. The Balaban J connectivity index is 2.47. The minimum Gasteiger partial charge on any atom is -0.508 e. The lowest BCUT2D eigenvalue weighted by Crippen LogP contribution is -1.94. The molecule has 0 bridgehead atoms. The summed E-state index contributed by atoms with van der Waals surface area (Å²) in [5.41, 5.74) is 0.912. The fraction of sp³-hybridized carbons (Fsp3) is 0. The van der Waals surface area contributed by atoms with Gasteiger partial charge in [0.1, 0.15) is 10.4 Å². The monoisotopic (exact) mass is 238 g/mol. The molecule has 0 saturated carbocycles. The molecule has 0 spiro atoms. The van der Waals surface area contributed by atoms with Gasteiger partial charge < -0.3 is 5.11 Å². The van der Waals surface area contributed by atoms with E-state index in [1.807, 2.05) is 6.07 Å². The smallest absolute Gasteiger partial charge is 0.115 e. The number of rotatable bonds is 1. The molecule has 0 atom stereocenters. The van der Waals surface area contributed by atoms with Gasteiger partial charge in [-0.15, -0.1) is 0 Å². The average molecular weight is 239 g/mol. The molecular weight excluding hydrogens is 232 g/mol. The third-order valence-corrected chi connectivity index (χ3v) is 2.29. The molecule has 1 aromatic carbocycles. The van der Waals surface area contributed by atoms with Crippen molar-refractivity contribution in [1.82, 2.24) is 9.78 Å². The molecule has 3 nitrogen and oxygen atoms in total. The molecule has 0 unspecified atom stereocenters. The molecule has 1 heterocycles. The fourth-order valence-electron chi connectivity index (χ4n) is 1.07. The van der Waals surface area contributed by atoms with Crippen LogP contribution in [0.1, 0.15) is 0 Å². The van der Waals surface area contributed by atoms with Crippen LogP contribution < -0.4 is 0 Å². The van der Waals surface area contributed by atoms with E-state index in [1.165, 1.54) is 0 Å². The normalized spacial score (nSPS) is 10.2. The van der Waals surface area contributed by atoms with Gasteiger partial charge in [0.2, 0.25) is 0 Å². The molecule has 0 fully saturated rings. The number of phenolic OH excluding ortho intramolecular Hbond substituents is 1. The van der Waals surface area contributed by atoms with Crippen LogP contribution in [0, 0.1) is 0 Å². The molecule has 2 aromatic rings. The van der Waals surface area contributed by atoms with Crippen molar-refractivity contribution in [2.45, 2.75) is 0 Å². The highest BCUT2D eigenvalue weighted by Gasteiger charge is 2.00. The van der Waals surface area contributed by atoms with Gasteiger partial charge in [0.05, 0.1) is 11.9 Å². The van der Waals surface area contributed by atoms with E-state index in [9.17, 15) is 0 Å². The third kappa shape index (κ3) is 1.58. The van der Waals surface area contributed by atoms with Gasteiger partial charge in [-0.05, 0) is 46.3 Å². The summed E-state index contributed by atoms with van der Waals surface area (Å²) in [4.78, 5) is 0. The summed E-state index contributed by atoms with van der Waals surface area (Å²) in [7, 11) is 0.